The number of rotatable bonds is 5. The molecule has 0 bridgehead atoms. The quantitative estimate of drug-likeness (QED) is 0.661. The molecule has 0 spiro atoms. The first kappa shape index (κ1) is 16.1. The minimum Gasteiger partial charge on any atom is -0.457 e. The van der Waals surface area contributed by atoms with E-state index >= 15 is 0 Å². The van der Waals surface area contributed by atoms with Crippen molar-refractivity contribution in [2.45, 2.75) is 13.3 Å². The summed E-state index contributed by atoms with van der Waals surface area (Å²) in [5.41, 5.74) is 1.69. The van der Waals surface area contributed by atoms with Crippen molar-refractivity contribution in [3.63, 3.8) is 0 Å². The second-order valence-electron chi connectivity index (χ2n) is 6.01. The molecule has 2 heterocycles. The van der Waals surface area contributed by atoms with Crippen LogP contribution in [0.15, 0.2) is 61.2 Å². The summed E-state index contributed by atoms with van der Waals surface area (Å²) in [5.74, 6) is 0.441. The van der Waals surface area contributed by atoms with Gasteiger partial charge in [-0.2, -0.15) is 0 Å². The summed E-state index contributed by atoms with van der Waals surface area (Å²) in [6.07, 6.45) is 6.00. The number of carbonyl (C=O) groups is 2. The van der Waals surface area contributed by atoms with Crippen LogP contribution in [0.2, 0.25) is 0 Å². The van der Waals surface area contributed by atoms with E-state index in [9.17, 15) is 9.59 Å². The van der Waals surface area contributed by atoms with E-state index in [4.69, 9.17) is 4.74 Å². The van der Waals surface area contributed by atoms with Gasteiger partial charge in [-0.25, -0.2) is 4.98 Å². The number of imidazole rings is 1. The number of amides is 2. The number of ether oxygens (including phenoxy) is 1. The molecule has 0 fully saturated rings. The van der Waals surface area contributed by atoms with Crippen LogP contribution in [0.3, 0.4) is 0 Å². The van der Waals surface area contributed by atoms with Crippen LogP contribution in [-0.2, 0) is 0 Å². The second-order valence-corrected chi connectivity index (χ2v) is 6.01. The van der Waals surface area contributed by atoms with E-state index in [1.165, 1.54) is 4.90 Å². The van der Waals surface area contributed by atoms with Gasteiger partial charge in [-0.1, -0.05) is 13.0 Å². The maximum atomic E-state index is 12.6. The molecule has 2 amide bonds. The summed E-state index contributed by atoms with van der Waals surface area (Å²) in [5, 5.41) is 0. The topological polar surface area (TPSA) is 64.4 Å². The maximum Gasteiger partial charge on any atom is 0.265 e. The lowest BCUT2D eigenvalue weighted by atomic mass is 10.1. The molecule has 26 heavy (non-hydrogen) atoms. The van der Waals surface area contributed by atoms with Gasteiger partial charge in [0.2, 0.25) is 0 Å². The fourth-order valence-electron chi connectivity index (χ4n) is 3.04. The number of imide groups is 1. The monoisotopic (exact) mass is 347 g/mol. The number of aromatic nitrogens is 2. The van der Waals surface area contributed by atoms with Gasteiger partial charge in [-0.05, 0) is 42.8 Å². The minimum atomic E-state index is -0.294. The zero-order valence-electron chi connectivity index (χ0n) is 14.3. The molecule has 0 N–H and O–H groups in total. The van der Waals surface area contributed by atoms with Crippen molar-refractivity contribution in [2.75, 3.05) is 6.54 Å². The zero-order chi connectivity index (χ0) is 18.1. The molecule has 0 saturated carbocycles. The standard InChI is InChI=1S/C20H17N3O3/c1-2-11-23-19(24)16-4-3-5-17(18(16)20(23)25)26-15-8-6-14(7-9-15)22-12-10-21-13-22/h3-10,12-13H,2,11H2,1H3. The Morgan fingerprint density at radius 3 is 2.54 bits per heavy atom. The fourth-order valence-corrected chi connectivity index (χ4v) is 3.04. The van der Waals surface area contributed by atoms with E-state index in [-0.39, 0.29) is 11.8 Å². The Morgan fingerprint density at radius 2 is 1.85 bits per heavy atom. The molecule has 0 unspecified atom stereocenters. The van der Waals surface area contributed by atoms with E-state index in [0.717, 1.165) is 12.1 Å². The van der Waals surface area contributed by atoms with E-state index in [0.29, 0.717) is 29.2 Å². The highest BCUT2D eigenvalue weighted by Crippen LogP contribution is 2.34. The molecule has 3 aromatic rings. The lowest BCUT2D eigenvalue weighted by Crippen LogP contribution is -2.30. The minimum absolute atomic E-state index is 0.257. The van der Waals surface area contributed by atoms with Crippen LogP contribution < -0.4 is 4.74 Å². The first-order valence-electron chi connectivity index (χ1n) is 8.44. The number of hydrogen-bond acceptors (Lipinski definition) is 4. The first-order chi connectivity index (χ1) is 12.7. The summed E-state index contributed by atoms with van der Waals surface area (Å²) < 4.78 is 7.80. The van der Waals surface area contributed by atoms with Crippen LogP contribution in [0.1, 0.15) is 34.1 Å². The van der Waals surface area contributed by atoms with E-state index in [1.807, 2.05) is 42.0 Å². The van der Waals surface area contributed by atoms with Gasteiger partial charge in [0.05, 0.1) is 17.5 Å². The van der Waals surface area contributed by atoms with Crippen molar-refractivity contribution in [3.05, 3.63) is 72.3 Å². The Balaban J connectivity index is 1.63. The molecule has 6 heteroatoms. The molecule has 2 aromatic carbocycles. The summed E-state index contributed by atoms with van der Waals surface area (Å²) >= 11 is 0. The molecule has 1 aromatic heterocycles. The number of hydrogen-bond donors (Lipinski definition) is 0. The lowest BCUT2D eigenvalue weighted by molar-refractivity contribution is 0.0654. The van der Waals surface area contributed by atoms with Crippen molar-refractivity contribution < 1.29 is 14.3 Å². The van der Waals surface area contributed by atoms with E-state index in [2.05, 4.69) is 4.98 Å². The summed E-state index contributed by atoms with van der Waals surface area (Å²) in [6.45, 7) is 2.34. The lowest BCUT2D eigenvalue weighted by Gasteiger charge is -2.12. The second kappa shape index (κ2) is 6.48. The Bertz CT molecular complexity index is 962. The largest absolute Gasteiger partial charge is 0.457 e. The highest BCUT2D eigenvalue weighted by molar-refractivity contribution is 6.22. The average molecular weight is 347 g/mol. The zero-order valence-corrected chi connectivity index (χ0v) is 14.3. The van der Waals surface area contributed by atoms with Crippen molar-refractivity contribution >= 4 is 11.8 Å². The molecule has 0 saturated heterocycles. The predicted molar refractivity (Wildman–Crippen MR) is 95.7 cm³/mol. The third-order valence-electron chi connectivity index (χ3n) is 4.28. The normalized spacial score (nSPS) is 13.2. The Labute approximate surface area is 150 Å². The third-order valence-corrected chi connectivity index (χ3v) is 4.28. The van der Waals surface area contributed by atoms with Crippen molar-refractivity contribution in [1.29, 1.82) is 0 Å². The van der Waals surface area contributed by atoms with Gasteiger partial charge < -0.3 is 9.30 Å². The van der Waals surface area contributed by atoms with Gasteiger partial charge in [0.15, 0.2) is 0 Å². The van der Waals surface area contributed by atoms with Crippen LogP contribution >= 0.6 is 0 Å². The molecule has 1 aliphatic rings. The van der Waals surface area contributed by atoms with Crippen LogP contribution in [0.4, 0.5) is 0 Å². The van der Waals surface area contributed by atoms with Crippen molar-refractivity contribution in [3.8, 4) is 17.2 Å². The number of nitrogens with zero attached hydrogens (tertiary/aromatic N) is 3. The highest BCUT2D eigenvalue weighted by atomic mass is 16.5. The van der Waals surface area contributed by atoms with Gasteiger partial charge in [0.1, 0.15) is 11.5 Å². The van der Waals surface area contributed by atoms with E-state index in [1.54, 1.807) is 30.7 Å². The van der Waals surface area contributed by atoms with Crippen molar-refractivity contribution in [1.82, 2.24) is 14.5 Å². The van der Waals surface area contributed by atoms with Gasteiger partial charge in [-0.3, -0.25) is 14.5 Å². The highest BCUT2D eigenvalue weighted by Gasteiger charge is 2.37. The Kier molecular flexibility index (Phi) is 4.01. The SMILES string of the molecule is CCCN1C(=O)c2cccc(Oc3ccc(-n4ccnc4)cc3)c2C1=O. The van der Waals surface area contributed by atoms with Gasteiger partial charge in [0, 0.05) is 24.6 Å². The number of carbonyl (C=O) groups excluding carboxylic acids is 2. The molecule has 1 aliphatic heterocycles. The van der Waals surface area contributed by atoms with Crippen LogP contribution in [0.5, 0.6) is 11.5 Å². The Hall–Kier alpha value is -3.41. The smallest absolute Gasteiger partial charge is 0.265 e. The van der Waals surface area contributed by atoms with Gasteiger partial charge >= 0.3 is 0 Å². The summed E-state index contributed by atoms with van der Waals surface area (Å²) in [4.78, 5) is 30.4. The average Bonchev–Trinajstić information content (AvgIpc) is 3.27. The predicted octanol–water partition coefficient (Wildman–Crippen LogP) is 3.67. The Morgan fingerprint density at radius 1 is 1.04 bits per heavy atom. The molecular formula is C20H17N3O3. The maximum absolute atomic E-state index is 12.6. The van der Waals surface area contributed by atoms with Gasteiger partial charge in [0.25, 0.3) is 11.8 Å². The number of benzene rings is 2. The molecular weight excluding hydrogens is 330 g/mol. The molecule has 0 aliphatic carbocycles. The summed E-state index contributed by atoms with van der Waals surface area (Å²) in [6, 6.07) is 12.5. The molecule has 0 atom stereocenters. The van der Waals surface area contributed by atoms with Crippen LogP contribution in [0.25, 0.3) is 5.69 Å². The van der Waals surface area contributed by atoms with E-state index < -0.39 is 0 Å². The molecule has 6 nitrogen and oxygen atoms in total. The van der Waals surface area contributed by atoms with Crippen LogP contribution in [-0.4, -0.2) is 32.8 Å². The summed E-state index contributed by atoms with van der Waals surface area (Å²) in [7, 11) is 0. The van der Waals surface area contributed by atoms with Crippen molar-refractivity contribution in [2.24, 2.45) is 0 Å². The fraction of sp³-hybridized carbons (Fsp3) is 0.150. The first-order valence-corrected chi connectivity index (χ1v) is 8.44. The van der Waals surface area contributed by atoms with Gasteiger partial charge in [-0.15, -0.1) is 0 Å². The molecule has 130 valence electrons. The molecule has 4 rings (SSSR count). The number of fused-ring (bicyclic) bond motifs is 1. The molecule has 0 radical (unpaired) electrons. The van der Waals surface area contributed by atoms with Crippen LogP contribution in [0, 0.1) is 0 Å². The third kappa shape index (κ3) is 2.65.